The highest BCUT2D eigenvalue weighted by atomic mass is 32.1. The van der Waals surface area contributed by atoms with Gasteiger partial charge < -0.3 is 10.1 Å². The maximum Gasteiger partial charge on any atom is 0.284 e. The van der Waals surface area contributed by atoms with Crippen LogP contribution in [0.1, 0.15) is 35.3 Å². The lowest BCUT2D eigenvalue weighted by molar-refractivity contribution is 0.102. The minimum atomic E-state index is -0.233. The van der Waals surface area contributed by atoms with Gasteiger partial charge >= 0.3 is 0 Å². The highest BCUT2D eigenvalue weighted by Gasteiger charge is 2.13. The first kappa shape index (κ1) is 16.1. The van der Waals surface area contributed by atoms with E-state index < -0.39 is 0 Å². The lowest BCUT2D eigenvalue weighted by Crippen LogP contribution is -2.11. The van der Waals surface area contributed by atoms with Gasteiger partial charge in [-0.1, -0.05) is 19.9 Å². The van der Waals surface area contributed by atoms with Crippen molar-refractivity contribution in [2.24, 2.45) is 0 Å². The Bertz CT molecular complexity index is 833. The van der Waals surface area contributed by atoms with E-state index in [-0.39, 0.29) is 5.91 Å². The smallest absolute Gasteiger partial charge is 0.284 e. The lowest BCUT2D eigenvalue weighted by Gasteiger charge is -2.07. The summed E-state index contributed by atoms with van der Waals surface area (Å²) < 4.78 is 5.60. The third kappa shape index (κ3) is 3.94. The Labute approximate surface area is 143 Å². The van der Waals surface area contributed by atoms with Crippen molar-refractivity contribution in [3.8, 4) is 11.6 Å². The van der Waals surface area contributed by atoms with E-state index in [1.54, 1.807) is 42.6 Å². The number of hydrogen-bond acceptors (Lipinski definition) is 6. The predicted octanol–water partition coefficient (Wildman–Crippen LogP) is 4.10. The van der Waals surface area contributed by atoms with Crippen LogP contribution in [0.2, 0.25) is 0 Å². The molecule has 1 amide bonds. The largest absolute Gasteiger partial charge is 0.437 e. The molecule has 122 valence electrons. The fourth-order valence-electron chi connectivity index (χ4n) is 1.94. The van der Waals surface area contributed by atoms with Gasteiger partial charge in [0.15, 0.2) is 5.01 Å². The molecule has 7 heteroatoms. The van der Waals surface area contributed by atoms with Crippen molar-refractivity contribution in [1.82, 2.24) is 15.2 Å². The van der Waals surface area contributed by atoms with Crippen molar-refractivity contribution in [2.45, 2.75) is 19.8 Å². The van der Waals surface area contributed by atoms with Crippen molar-refractivity contribution >= 4 is 22.9 Å². The molecule has 0 radical (unpaired) electrons. The number of carbonyl (C=O) groups excluding carboxylic acids is 1. The normalized spacial score (nSPS) is 10.6. The minimum Gasteiger partial charge on any atom is -0.437 e. The Hall–Kier alpha value is -2.80. The molecular formula is C17H16N4O2S. The van der Waals surface area contributed by atoms with E-state index >= 15 is 0 Å². The molecule has 0 fully saturated rings. The third-order valence-corrected chi connectivity index (χ3v) is 4.03. The molecule has 3 rings (SSSR count). The average Bonchev–Trinajstić information content (AvgIpc) is 3.06. The maximum absolute atomic E-state index is 12.3. The molecule has 3 aromatic rings. The second-order valence-electron chi connectivity index (χ2n) is 5.38. The van der Waals surface area contributed by atoms with Gasteiger partial charge in [0, 0.05) is 29.4 Å². The second kappa shape index (κ2) is 7.18. The highest BCUT2D eigenvalue weighted by molar-refractivity contribution is 7.11. The Morgan fingerprint density at radius 3 is 2.83 bits per heavy atom. The molecule has 1 N–H and O–H groups in total. The summed E-state index contributed by atoms with van der Waals surface area (Å²) in [6.07, 6.45) is 1.57. The van der Waals surface area contributed by atoms with Gasteiger partial charge in [-0.3, -0.25) is 4.79 Å². The van der Waals surface area contributed by atoms with E-state index in [0.29, 0.717) is 28.2 Å². The summed E-state index contributed by atoms with van der Waals surface area (Å²) in [5, 5.41) is 12.8. The molecule has 0 aliphatic heterocycles. The lowest BCUT2D eigenvalue weighted by atomic mass is 10.2. The van der Waals surface area contributed by atoms with Crippen LogP contribution in [0.15, 0.2) is 48.0 Å². The molecule has 1 aromatic carbocycles. The molecule has 0 saturated carbocycles. The quantitative estimate of drug-likeness (QED) is 0.756. The maximum atomic E-state index is 12.3. The van der Waals surface area contributed by atoms with Crippen LogP contribution in [-0.2, 0) is 0 Å². The molecule has 0 spiro atoms. The molecule has 0 saturated heterocycles. The van der Waals surface area contributed by atoms with Crippen LogP contribution in [0.4, 0.5) is 5.69 Å². The Morgan fingerprint density at radius 1 is 1.25 bits per heavy atom. The van der Waals surface area contributed by atoms with Crippen molar-refractivity contribution in [1.29, 1.82) is 0 Å². The number of carbonyl (C=O) groups is 1. The van der Waals surface area contributed by atoms with Crippen LogP contribution in [0, 0.1) is 0 Å². The van der Waals surface area contributed by atoms with E-state index in [1.165, 1.54) is 11.3 Å². The van der Waals surface area contributed by atoms with Crippen molar-refractivity contribution in [2.75, 3.05) is 5.32 Å². The average molecular weight is 340 g/mol. The monoisotopic (exact) mass is 340 g/mol. The number of thiazole rings is 1. The van der Waals surface area contributed by atoms with Gasteiger partial charge in [-0.05, 0) is 24.1 Å². The molecule has 0 unspecified atom stereocenters. The van der Waals surface area contributed by atoms with E-state index in [1.807, 2.05) is 19.2 Å². The first-order chi connectivity index (χ1) is 11.6. The predicted molar refractivity (Wildman–Crippen MR) is 92.7 cm³/mol. The first-order valence-electron chi connectivity index (χ1n) is 7.44. The second-order valence-corrected chi connectivity index (χ2v) is 6.24. The first-order valence-corrected chi connectivity index (χ1v) is 8.32. The Balaban J connectivity index is 1.70. The van der Waals surface area contributed by atoms with E-state index in [0.717, 1.165) is 5.69 Å². The number of amides is 1. The van der Waals surface area contributed by atoms with Gasteiger partial charge in [0.25, 0.3) is 5.91 Å². The zero-order valence-electron chi connectivity index (χ0n) is 13.3. The zero-order valence-corrected chi connectivity index (χ0v) is 14.1. The van der Waals surface area contributed by atoms with Crippen LogP contribution in [-0.4, -0.2) is 21.1 Å². The van der Waals surface area contributed by atoms with Crippen molar-refractivity contribution < 1.29 is 9.53 Å². The molecule has 0 aliphatic carbocycles. The van der Waals surface area contributed by atoms with Crippen LogP contribution < -0.4 is 10.1 Å². The van der Waals surface area contributed by atoms with E-state index in [4.69, 9.17) is 4.74 Å². The summed E-state index contributed by atoms with van der Waals surface area (Å²) in [7, 11) is 0. The Morgan fingerprint density at radius 2 is 2.12 bits per heavy atom. The summed E-state index contributed by atoms with van der Waals surface area (Å²) in [6.45, 7) is 4.09. The highest BCUT2D eigenvalue weighted by Crippen LogP contribution is 2.23. The van der Waals surface area contributed by atoms with E-state index in [9.17, 15) is 4.79 Å². The molecule has 2 heterocycles. The topological polar surface area (TPSA) is 77.0 Å². The van der Waals surface area contributed by atoms with E-state index in [2.05, 4.69) is 20.5 Å². The minimum absolute atomic E-state index is 0.233. The standard InChI is InChI=1S/C17H16N4O2S/c1-11(2)14-10-24-17(20-14)16(22)19-12-5-3-6-13(9-12)23-15-7-4-8-18-21-15/h3-11H,1-2H3,(H,19,22). The fraction of sp³-hybridized carbons (Fsp3) is 0.176. The summed E-state index contributed by atoms with van der Waals surface area (Å²) in [5.74, 6) is 1.02. The van der Waals surface area contributed by atoms with Gasteiger partial charge in [0.1, 0.15) is 5.75 Å². The number of rotatable bonds is 5. The number of anilines is 1. The molecule has 0 aliphatic rings. The molecule has 2 aromatic heterocycles. The van der Waals surface area contributed by atoms with Crippen LogP contribution in [0.3, 0.4) is 0 Å². The Kier molecular flexibility index (Phi) is 4.81. The van der Waals surface area contributed by atoms with Crippen LogP contribution in [0.25, 0.3) is 0 Å². The van der Waals surface area contributed by atoms with Crippen LogP contribution in [0.5, 0.6) is 11.6 Å². The summed E-state index contributed by atoms with van der Waals surface area (Å²) in [6, 6.07) is 10.5. The number of benzene rings is 1. The number of aromatic nitrogens is 3. The van der Waals surface area contributed by atoms with Gasteiger partial charge in [0.2, 0.25) is 5.88 Å². The van der Waals surface area contributed by atoms with Crippen LogP contribution >= 0.6 is 11.3 Å². The van der Waals surface area contributed by atoms with Gasteiger partial charge in [-0.15, -0.1) is 16.4 Å². The van der Waals surface area contributed by atoms with Gasteiger partial charge in [0.05, 0.1) is 5.69 Å². The van der Waals surface area contributed by atoms with Crippen molar-refractivity contribution in [3.63, 3.8) is 0 Å². The van der Waals surface area contributed by atoms with Crippen molar-refractivity contribution in [3.05, 3.63) is 58.7 Å². The molecule has 0 atom stereocenters. The summed E-state index contributed by atoms with van der Waals surface area (Å²) in [4.78, 5) is 16.6. The number of nitrogens with one attached hydrogen (secondary N) is 1. The molecule has 0 bridgehead atoms. The zero-order chi connectivity index (χ0) is 16.9. The molecular weight excluding hydrogens is 324 g/mol. The number of ether oxygens (including phenoxy) is 1. The SMILES string of the molecule is CC(C)c1csc(C(=O)Nc2cccc(Oc3cccnn3)c2)n1. The summed E-state index contributed by atoms with van der Waals surface area (Å²) >= 11 is 1.34. The molecule has 24 heavy (non-hydrogen) atoms. The summed E-state index contributed by atoms with van der Waals surface area (Å²) in [5.41, 5.74) is 1.55. The number of nitrogens with zero attached hydrogens (tertiary/aromatic N) is 3. The van der Waals surface area contributed by atoms with Gasteiger partial charge in [-0.2, -0.15) is 5.10 Å². The third-order valence-electron chi connectivity index (χ3n) is 3.17. The number of hydrogen-bond donors (Lipinski definition) is 1. The van der Waals surface area contributed by atoms with Gasteiger partial charge in [-0.25, -0.2) is 4.98 Å². The fourth-order valence-corrected chi connectivity index (χ4v) is 2.81. The molecule has 6 nitrogen and oxygen atoms in total.